The average molecular weight is 316 g/mol. The van der Waals surface area contributed by atoms with Crippen LogP contribution in [0.1, 0.15) is 28.6 Å². The molecule has 2 aromatic carbocycles. The summed E-state index contributed by atoms with van der Waals surface area (Å²) in [5.74, 6) is 0.932. The van der Waals surface area contributed by atoms with Crippen LogP contribution in [0.2, 0.25) is 0 Å². The normalized spacial score (nSPS) is 13.0. The summed E-state index contributed by atoms with van der Waals surface area (Å²) in [4.78, 5) is 12.7. The summed E-state index contributed by atoms with van der Waals surface area (Å²) in [5.41, 5.74) is 6.88. The number of hydrazone groups is 1. The fourth-order valence-electron chi connectivity index (χ4n) is 3.18. The minimum absolute atomic E-state index is 0.146. The Morgan fingerprint density at radius 1 is 1.00 bits per heavy atom. The van der Waals surface area contributed by atoms with Crippen LogP contribution in [0.4, 0.5) is 0 Å². The summed E-state index contributed by atoms with van der Waals surface area (Å²) in [7, 11) is 0. The van der Waals surface area contributed by atoms with Gasteiger partial charge < -0.3 is 4.42 Å². The topological polar surface area (TPSA) is 54.6 Å². The molecular formula is C20H16N2O2. The van der Waals surface area contributed by atoms with Gasteiger partial charge in [-0.1, -0.05) is 48.5 Å². The lowest BCUT2D eigenvalue weighted by Gasteiger charge is -2.11. The first-order valence-electron chi connectivity index (χ1n) is 7.81. The first-order valence-corrected chi connectivity index (χ1v) is 7.81. The highest BCUT2D eigenvalue weighted by atomic mass is 16.3. The third-order valence-corrected chi connectivity index (χ3v) is 4.22. The van der Waals surface area contributed by atoms with E-state index in [2.05, 4.69) is 22.7 Å². The molecule has 0 bridgehead atoms. The molecule has 1 aromatic heterocycles. The maximum atomic E-state index is 12.7. The molecule has 3 aromatic rings. The molecule has 118 valence electrons. The Morgan fingerprint density at radius 2 is 1.62 bits per heavy atom. The first-order chi connectivity index (χ1) is 11.7. The predicted molar refractivity (Wildman–Crippen MR) is 92.9 cm³/mol. The Labute approximate surface area is 139 Å². The van der Waals surface area contributed by atoms with Gasteiger partial charge in [-0.3, -0.25) is 4.79 Å². The number of benzene rings is 2. The zero-order valence-electron chi connectivity index (χ0n) is 13.2. The van der Waals surface area contributed by atoms with Gasteiger partial charge in [0.2, 0.25) is 0 Å². The van der Waals surface area contributed by atoms with Crippen molar-refractivity contribution in [1.29, 1.82) is 0 Å². The van der Waals surface area contributed by atoms with Crippen LogP contribution in [-0.4, -0.2) is 12.1 Å². The van der Waals surface area contributed by atoms with Crippen molar-refractivity contribution in [2.24, 2.45) is 5.10 Å². The van der Waals surface area contributed by atoms with Crippen LogP contribution in [0.3, 0.4) is 0 Å². The van der Waals surface area contributed by atoms with Gasteiger partial charge >= 0.3 is 0 Å². The van der Waals surface area contributed by atoms with Crippen LogP contribution in [0.25, 0.3) is 11.1 Å². The van der Waals surface area contributed by atoms with Crippen LogP contribution in [-0.2, 0) is 4.79 Å². The maximum absolute atomic E-state index is 12.7. The number of carbonyl (C=O) groups is 1. The van der Waals surface area contributed by atoms with Crippen molar-refractivity contribution in [2.75, 3.05) is 0 Å². The SMILES string of the molecule is Cc1ccc(C=NNC(=O)C2c3ccccc3-c3ccccc32)o1. The maximum Gasteiger partial charge on any atom is 0.252 e. The van der Waals surface area contributed by atoms with Gasteiger partial charge in [0, 0.05) is 0 Å². The summed E-state index contributed by atoms with van der Waals surface area (Å²) in [6.07, 6.45) is 1.51. The summed E-state index contributed by atoms with van der Waals surface area (Å²) in [6.45, 7) is 1.86. The van der Waals surface area contributed by atoms with Crippen molar-refractivity contribution in [3.05, 3.63) is 83.3 Å². The van der Waals surface area contributed by atoms with E-state index in [0.29, 0.717) is 5.76 Å². The van der Waals surface area contributed by atoms with Gasteiger partial charge in [-0.2, -0.15) is 5.10 Å². The molecule has 0 atom stereocenters. The van der Waals surface area contributed by atoms with E-state index < -0.39 is 0 Å². The Hall–Kier alpha value is -3.14. The quantitative estimate of drug-likeness (QED) is 0.589. The fraction of sp³-hybridized carbons (Fsp3) is 0.100. The van der Waals surface area contributed by atoms with E-state index in [-0.39, 0.29) is 11.8 Å². The number of nitrogens with one attached hydrogen (secondary N) is 1. The van der Waals surface area contributed by atoms with Crippen LogP contribution in [0.15, 0.2) is 70.2 Å². The van der Waals surface area contributed by atoms with E-state index in [1.165, 1.54) is 6.21 Å². The van der Waals surface area contributed by atoms with Crippen LogP contribution in [0, 0.1) is 6.92 Å². The second-order valence-electron chi connectivity index (χ2n) is 5.79. The lowest BCUT2D eigenvalue weighted by atomic mass is 9.96. The molecule has 24 heavy (non-hydrogen) atoms. The van der Waals surface area contributed by atoms with Crippen molar-refractivity contribution in [3.8, 4) is 11.1 Å². The van der Waals surface area contributed by atoms with Gasteiger partial charge in [-0.15, -0.1) is 0 Å². The molecule has 0 fully saturated rings. The number of hydrogen-bond acceptors (Lipinski definition) is 3. The highest BCUT2D eigenvalue weighted by Crippen LogP contribution is 2.44. The lowest BCUT2D eigenvalue weighted by molar-refractivity contribution is -0.121. The third kappa shape index (κ3) is 2.42. The highest BCUT2D eigenvalue weighted by molar-refractivity contribution is 5.96. The Bertz CT molecular complexity index is 895. The number of hydrogen-bond donors (Lipinski definition) is 1. The predicted octanol–water partition coefficient (Wildman–Crippen LogP) is 3.85. The molecule has 1 N–H and O–H groups in total. The van der Waals surface area contributed by atoms with E-state index >= 15 is 0 Å². The number of nitrogens with zero attached hydrogens (tertiary/aromatic N) is 1. The minimum Gasteiger partial charge on any atom is -0.460 e. The second kappa shape index (κ2) is 5.81. The van der Waals surface area contributed by atoms with Crippen LogP contribution < -0.4 is 5.43 Å². The fourth-order valence-corrected chi connectivity index (χ4v) is 3.18. The molecule has 4 heteroatoms. The van der Waals surface area contributed by atoms with Crippen molar-refractivity contribution in [1.82, 2.24) is 5.43 Å². The molecule has 1 aliphatic carbocycles. The molecule has 0 unspecified atom stereocenters. The second-order valence-corrected chi connectivity index (χ2v) is 5.79. The zero-order chi connectivity index (χ0) is 16.5. The zero-order valence-corrected chi connectivity index (χ0v) is 13.2. The molecule has 4 rings (SSSR count). The van der Waals surface area contributed by atoms with Crippen molar-refractivity contribution < 1.29 is 9.21 Å². The third-order valence-electron chi connectivity index (χ3n) is 4.22. The molecule has 0 spiro atoms. The molecule has 1 amide bonds. The number of aryl methyl sites for hydroxylation is 1. The van der Waals surface area contributed by atoms with Crippen molar-refractivity contribution in [2.45, 2.75) is 12.8 Å². The lowest BCUT2D eigenvalue weighted by Crippen LogP contribution is -2.24. The molecule has 4 nitrogen and oxygen atoms in total. The smallest absolute Gasteiger partial charge is 0.252 e. The Morgan fingerprint density at radius 3 is 2.21 bits per heavy atom. The van der Waals surface area contributed by atoms with Gasteiger partial charge in [0.25, 0.3) is 5.91 Å². The van der Waals surface area contributed by atoms with E-state index in [0.717, 1.165) is 28.0 Å². The van der Waals surface area contributed by atoms with Gasteiger partial charge in [0.15, 0.2) is 0 Å². The average Bonchev–Trinajstić information content (AvgIpc) is 3.16. The molecule has 0 saturated heterocycles. The number of rotatable bonds is 3. The van der Waals surface area contributed by atoms with Crippen molar-refractivity contribution >= 4 is 12.1 Å². The Kier molecular flexibility index (Phi) is 3.50. The van der Waals surface area contributed by atoms with E-state index in [9.17, 15) is 4.79 Å². The van der Waals surface area contributed by atoms with Gasteiger partial charge in [-0.05, 0) is 41.3 Å². The summed E-state index contributed by atoms with van der Waals surface area (Å²) < 4.78 is 5.40. The van der Waals surface area contributed by atoms with Gasteiger partial charge in [0.1, 0.15) is 11.5 Å². The van der Waals surface area contributed by atoms with Crippen LogP contribution >= 0.6 is 0 Å². The monoisotopic (exact) mass is 316 g/mol. The summed E-state index contributed by atoms with van der Waals surface area (Å²) in [6, 6.07) is 19.7. The van der Waals surface area contributed by atoms with E-state index in [1.54, 1.807) is 0 Å². The van der Waals surface area contributed by atoms with E-state index in [1.807, 2.05) is 55.5 Å². The molecule has 0 radical (unpaired) electrons. The standard InChI is InChI=1S/C20H16N2O2/c1-13-10-11-14(24-13)12-21-22-20(23)19-17-8-4-2-6-15(17)16-7-3-5-9-18(16)19/h2-12,19H,1H3,(H,22,23). The first kappa shape index (κ1) is 14.5. The largest absolute Gasteiger partial charge is 0.460 e. The number of carbonyl (C=O) groups excluding carboxylic acids is 1. The number of amides is 1. The van der Waals surface area contributed by atoms with Crippen LogP contribution in [0.5, 0.6) is 0 Å². The molecule has 0 saturated carbocycles. The molecule has 1 aliphatic rings. The Balaban J connectivity index is 1.61. The summed E-state index contributed by atoms with van der Waals surface area (Å²) >= 11 is 0. The highest BCUT2D eigenvalue weighted by Gasteiger charge is 2.33. The van der Waals surface area contributed by atoms with Gasteiger partial charge in [-0.25, -0.2) is 5.43 Å². The van der Waals surface area contributed by atoms with Gasteiger partial charge in [0.05, 0.1) is 12.1 Å². The van der Waals surface area contributed by atoms with Crippen molar-refractivity contribution in [3.63, 3.8) is 0 Å². The summed E-state index contributed by atoms with van der Waals surface area (Å²) in [5, 5.41) is 4.03. The number of fused-ring (bicyclic) bond motifs is 3. The molecular weight excluding hydrogens is 300 g/mol. The number of furan rings is 1. The molecule has 0 aliphatic heterocycles. The van der Waals surface area contributed by atoms with E-state index in [4.69, 9.17) is 4.42 Å². The minimum atomic E-state index is -0.340. The molecule has 1 heterocycles.